The Morgan fingerprint density at radius 3 is 2.45 bits per heavy atom. The summed E-state index contributed by atoms with van der Waals surface area (Å²) >= 11 is 10.1. The van der Waals surface area contributed by atoms with Crippen molar-refractivity contribution in [1.82, 2.24) is 0 Å². The lowest BCUT2D eigenvalue weighted by Crippen LogP contribution is -2.12. The number of rotatable bonds is 3. The number of anilines is 1. The number of hydrogen-bond acceptors (Lipinski definition) is 3. The fourth-order valence-electron chi connectivity index (χ4n) is 2.26. The summed E-state index contributed by atoms with van der Waals surface area (Å²) in [5.41, 5.74) is 3.63. The van der Waals surface area contributed by atoms with Crippen LogP contribution in [0.1, 0.15) is 26.1 Å². The summed E-state index contributed by atoms with van der Waals surface area (Å²) in [6.07, 6.45) is 0. The van der Waals surface area contributed by atoms with E-state index in [9.17, 15) is 4.79 Å². The number of thioether (sulfide) groups is 2. The van der Waals surface area contributed by atoms with Crippen molar-refractivity contribution in [2.24, 2.45) is 0 Å². The Morgan fingerprint density at radius 1 is 1.14 bits per heavy atom. The van der Waals surface area contributed by atoms with Gasteiger partial charge in [-0.25, -0.2) is 0 Å². The molecule has 1 heterocycles. The highest BCUT2D eigenvalue weighted by atomic mass is 35.5. The minimum absolute atomic E-state index is 0.135. The predicted molar refractivity (Wildman–Crippen MR) is 98.2 cm³/mol. The molecular formula is C17H16ClNOS2. The van der Waals surface area contributed by atoms with Crippen molar-refractivity contribution in [3.05, 3.63) is 64.2 Å². The van der Waals surface area contributed by atoms with Crippen molar-refractivity contribution in [2.75, 3.05) is 16.8 Å². The van der Waals surface area contributed by atoms with Crippen LogP contribution in [-0.2, 0) is 0 Å². The number of nitrogens with one attached hydrogen (secondary N) is 1. The standard InChI is InChI=1S/C17H16ClNOS2/c1-11-2-7-15(14(18)10-11)19-16(20)12-3-5-13(6-4-12)17-21-8-9-22-17/h2-7,10,17H,8-9H2,1H3,(H,19,20). The fourth-order valence-corrected chi connectivity index (χ4v) is 5.40. The number of hydrogen-bond donors (Lipinski definition) is 1. The molecule has 0 radical (unpaired) electrons. The SMILES string of the molecule is Cc1ccc(NC(=O)c2ccc(C3SCCS3)cc2)c(Cl)c1. The van der Waals surface area contributed by atoms with E-state index in [4.69, 9.17) is 11.6 Å². The second-order valence-electron chi connectivity index (χ2n) is 5.13. The fraction of sp³-hybridized carbons (Fsp3) is 0.235. The van der Waals surface area contributed by atoms with Crippen molar-refractivity contribution in [3.63, 3.8) is 0 Å². The van der Waals surface area contributed by atoms with Crippen LogP contribution in [0.15, 0.2) is 42.5 Å². The van der Waals surface area contributed by atoms with E-state index in [0.717, 1.165) is 5.56 Å². The number of carbonyl (C=O) groups is 1. The Labute approximate surface area is 144 Å². The molecule has 0 unspecified atom stereocenters. The maximum atomic E-state index is 12.3. The number of benzene rings is 2. The summed E-state index contributed by atoms with van der Waals surface area (Å²) in [6, 6.07) is 13.4. The van der Waals surface area contributed by atoms with Gasteiger partial charge in [0.25, 0.3) is 5.91 Å². The second-order valence-corrected chi connectivity index (χ2v) is 8.26. The van der Waals surface area contributed by atoms with Crippen LogP contribution in [0.4, 0.5) is 5.69 Å². The first-order valence-electron chi connectivity index (χ1n) is 7.04. The number of amides is 1. The van der Waals surface area contributed by atoms with E-state index in [1.165, 1.54) is 17.1 Å². The molecule has 2 aromatic carbocycles. The van der Waals surface area contributed by atoms with Gasteiger partial charge in [-0.1, -0.05) is 29.8 Å². The van der Waals surface area contributed by atoms with E-state index in [2.05, 4.69) is 5.32 Å². The average molecular weight is 350 g/mol. The van der Waals surface area contributed by atoms with Crippen molar-refractivity contribution in [1.29, 1.82) is 0 Å². The van der Waals surface area contributed by atoms with Crippen LogP contribution in [0.25, 0.3) is 0 Å². The zero-order valence-corrected chi connectivity index (χ0v) is 14.5. The normalized spacial score (nSPS) is 15.0. The number of aryl methyl sites for hydroxylation is 1. The average Bonchev–Trinajstić information content (AvgIpc) is 3.04. The molecule has 0 aliphatic carbocycles. The Kier molecular flexibility index (Phi) is 5.01. The number of halogens is 1. The maximum absolute atomic E-state index is 12.3. The Balaban J connectivity index is 1.71. The van der Waals surface area contributed by atoms with Crippen LogP contribution in [0, 0.1) is 6.92 Å². The molecule has 5 heteroatoms. The van der Waals surface area contributed by atoms with Crippen LogP contribution in [0.2, 0.25) is 5.02 Å². The van der Waals surface area contributed by atoms with Crippen molar-refractivity contribution in [3.8, 4) is 0 Å². The maximum Gasteiger partial charge on any atom is 0.255 e. The Hall–Kier alpha value is -1.10. The smallest absolute Gasteiger partial charge is 0.255 e. The van der Waals surface area contributed by atoms with Crippen LogP contribution in [0.3, 0.4) is 0 Å². The van der Waals surface area contributed by atoms with Gasteiger partial charge in [0.2, 0.25) is 0 Å². The van der Waals surface area contributed by atoms with Gasteiger partial charge in [0.05, 0.1) is 15.3 Å². The highest BCUT2D eigenvalue weighted by molar-refractivity contribution is 8.19. The van der Waals surface area contributed by atoms with Gasteiger partial charge in [0, 0.05) is 17.1 Å². The highest BCUT2D eigenvalue weighted by Gasteiger charge is 2.18. The van der Waals surface area contributed by atoms with Crippen LogP contribution in [-0.4, -0.2) is 17.4 Å². The van der Waals surface area contributed by atoms with E-state index < -0.39 is 0 Å². The van der Waals surface area contributed by atoms with Crippen LogP contribution >= 0.6 is 35.1 Å². The van der Waals surface area contributed by atoms with Gasteiger partial charge >= 0.3 is 0 Å². The van der Waals surface area contributed by atoms with Crippen LogP contribution < -0.4 is 5.32 Å². The van der Waals surface area contributed by atoms with Gasteiger partial charge in [-0.05, 0) is 42.3 Å². The van der Waals surface area contributed by atoms with E-state index in [1.807, 2.05) is 72.9 Å². The zero-order chi connectivity index (χ0) is 15.5. The third kappa shape index (κ3) is 3.62. The highest BCUT2D eigenvalue weighted by Crippen LogP contribution is 2.45. The van der Waals surface area contributed by atoms with E-state index in [0.29, 0.717) is 20.9 Å². The summed E-state index contributed by atoms with van der Waals surface area (Å²) < 4.78 is 0.503. The van der Waals surface area contributed by atoms with E-state index in [-0.39, 0.29) is 5.91 Å². The van der Waals surface area contributed by atoms with E-state index >= 15 is 0 Å². The topological polar surface area (TPSA) is 29.1 Å². The number of carbonyl (C=O) groups excluding carboxylic acids is 1. The molecule has 2 aromatic rings. The van der Waals surface area contributed by atoms with Gasteiger partial charge in [0.15, 0.2) is 0 Å². The molecule has 2 nitrogen and oxygen atoms in total. The van der Waals surface area contributed by atoms with Crippen LogP contribution in [0.5, 0.6) is 0 Å². The Morgan fingerprint density at radius 2 is 1.82 bits per heavy atom. The molecule has 3 rings (SSSR count). The molecule has 114 valence electrons. The van der Waals surface area contributed by atoms with Crippen molar-refractivity contribution < 1.29 is 4.79 Å². The monoisotopic (exact) mass is 349 g/mol. The van der Waals surface area contributed by atoms with Gasteiger partial charge in [-0.2, -0.15) is 0 Å². The lowest BCUT2D eigenvalue weighted by molar-refractivity contribution is 0.102. The first kappa shape index (κ1) is 15.8. The van der Waals surface area contributed by atoms with Crippen molar-refractivity contribution >= 4 is 46.7 Å². The molecule has 1 N–H and O–H groups in total. The third-order valence-electron chi connectivity index (χ3n) is 3.44. The van der Waals surface area contributed by atoms with E-state index in [1.54, 1.807) is 0 Å². The molecule has 0 aromatic heterocycles. The lowest BCUT2D eigenvalue weighted by Gasteiger charge is -2.10. The summed E-state index contributed by atoms with van der Waals surface area (Å²) in [4.78, 5) is 12.3. The zero-order valence-electron chi connectivity index (χ0n) is 12.1. The molecule has 1 saturated heterocycles. The first-order valence-corrected chi connectivity index (χ1v) is 9.52. The molecule has 1 amide bonds. The van der Waals surface area contributed by atoms with Gasteiger partial charge < -0.3 is 5.32 Å². The molecule has 22 heavy (non-hydrogen) atoms. The molecule has 0 bridgehead atoms. The summed E-state index contributed by atoms with van der Waals surface area (Å²) in [6.45, 7) is 1.97. The summed E-state index contributed by atoms with van der Waals surface area (Å²) in [7, 11) is 0. The minimum Gasteiger partial charge on any atom is -0.321 e. The molecule has 0 spiro atoms. The molecule has 1 aliphatic rings. The lowest BCUT2D eigenvalue weighted by atomic mass is 10.1. The van der Waals surface area contributed by atoms with Gasteiger partial charge in [0.1, 0.15) is 0 Å². The minimum atomic E-state index is -0.135. The van der Waals surface area contributed by atoms with Gasteiger partial charge in [-0.3, -0.25) is 4.79 Å². The predicted octanol–water partition coefficient (Wildman–Crippen LogP) is 5.38. The summed E-state index contributed by atoms with van der Waals surface area (Å²) in [5, 5.41) is 3.42. The molecule has 0 atom stereocenters. The first-order chi connectivity index (χ1) is 10.6. The summed E-state index contributed by atoms with van der Waals surface area (Å²) in [5.74, 6) is 2.26. The molecule has 1 aliphatic heterocycles. The Bertz CT molecular complexity index is 682. The molecule has 0 saturated carbocycles. The largest absolute Gasteiger partial charge is 0.321 e. The quantitative estimate of drug-likeness (QED) is 0.806. The molecule has 1 fully saturated rings. The van der Waals surface area contributed by atoms with Gasteiger partial charge in [-0.15, -0.1) is 23.5 Å². The third-order valence-corrected chi connectivity index (χ3v) is 6.86. The molecular weight excluding hydrogens is 334 g/mol. The second kappa shape index (κ2) is 6.99. The van der Waals surface area contributed by atoms with Crippen molar-refractivity contribution in [2.45, 2.75) is 11.5 Å².